The first-order valence-corrected chi connectivity index (χ1v) is 5.80. The van der Waals surface area contributed by atoms with Gasteiger partial charge < -0.3 is 5.32 Å². The van der Waals surface area contributed by atoms with Crippen LogP contribution in [0.3, 0.4) is 0 Å². The van der Waals surface area contributed by atoms with E-state index in [4.69, 9.17) is 0 Å². The molecular formula is C11H13BrN2O3. The molecule has 0 fully saturated rings. The van der Waals surface area contributed by atoms with Gasteiger partial charge in [0, 0.05) is 28.6 Å². The van der Waals surface area contributed by atoms with Gasteiger partial charge in [-0.2, -0.15) is 0 Å². The summed E-state index contributed by atoms with van der Waals surface area (Å²) >= 11 is 3.39. The fraction of sp³-hybridized carbons (Fsp3) is 0.364. The second-order valence-corrected chi connectivity index (χ2v) is 6.36. The number of carbonyl (C=O) groups excluding carboxylic acids is 1. The number of nitrogens with one attached hydrogen (secondary N) is 1. The fourth-order valence-corrected chi connectivity index (χ4v) is 1.29. The lowest BCUT2D eigenvalue weighted by Crippen LogP contribution is -2.34. The van der Waals surface area contributed by atoms with Gasteiger partial charge in [-0.05, 0) is 19.9 Å². The standard InChI is InChI=1S/C11H13BrN2O3/c1-11(2,12)7-13-10(15)8-4-3-5-9(6-8)14(16)17/h3-6H,7H2,1-2H3,(H,13,15). The summed E-state index contributed by atoms with van der Waals surface area (Å²) in [7, 11) is 0. The molecule has 0 unspecified atom stereocenters. The minimum absolute atomic E-state index is 0.0873. The number of rotatable bonds is 4. The number of non-ortho nitro benzene ring substituents is 1. The Kier molecular flexibility index (Phi) is 4.22. The van der Waals surface area contributed by atoms with Crippen LogP contribution in [0.1, 0.15) is 24.2 Å². The molecule has 0 aromatic heterocycles. The molecule has 0 spiro atoms. The van der Waals surface area contributed by atoms with Crippen molar-refractivity contribution >= 4 is 27.5 Å². The molecule has 1 rings (SSSR count). The Balaban J connectivity index is 2.76. The molecule has 0 bridgehead atoms. The lowest BCUT2D eigenvalue weighted by Gasteiger charge is -2.16. The average Bonchev–Trinajstić information content (AvgIpc) is 2.25. The van der Waals surface area contributed by atoms with Crippen LogP contribution in [-0.2, 0) is 0 Å². The van der Waals surface area contributed by atoms with Crippen LogP contribution >= 0.6 is 15.9 Å². The van der Waals surface area contributed by atoms with Crippen LogP contribution in [0.4, 0.5) is 5.69 Å². The third-order valence-corrected chi connectivity index (χ3v) is 2.27. The second kappa shape index (κ2) is 5.27. The number of hydrogen-bond acceptors (Lipinski definition) is 3. The van der Waals surface area contributed by atoms with Crippen LogP contribution in [-0.4, -0.2) is 21.7 Å². The van der Waals surface area contributed by atoms with Gasteiger partial charge in [0.15, 0.2) is 0 Å². The highest BCUT2D eigenvalue weighted by Crippen LogP contribution is 2.15. The first-order valence-electron chi connectivity index (χ1n) is 5.01. The summed E-state index contributed by atoms with van der Waals surface area (Å²) in [5, 5.41) is 13.3. The van der Waals surface area contributed by atoms with Crippen molar-refractivity contribution in [2.75, 3.05) is 6.54 Å². The van der Waals surface area contributed by atoms with Crippen LogP contribution in [0.5, 0.6) is 0 Å². The first-order chi connectivity index (χ1) is 7.79. The Morgan fingerprint density at radius 3 is 2.71 bits per heavy atom. The highest BCUT2D eigenvalue weighted by atomic mass is 79.9. The van der Waals surface area contributed by atoms with Crippen molar-refractivity contribution in [2.45, 2.75) is 18.2 Å². The number of amides is 1. The predicted molar refractivity (Wildman–Crippen MR) is 68.4 cm³/mol. The SMILES string of the molecule is CC(C)(Br)CNC(=O)c1cccc([N+](=O)[O-])c1. The molecular weight excluding hydrogens is 288 g/mol. The van der Waals surface area contributed by atoms with E-state index in [0.29, 0.717) is 6.54 Å². The minimum atomic E-state index is -0.523. The van der Waals surface area contributed by atoms with E-state index in [0.717, 1.165) is 0 Å². The highest BCUT2D eigenvalue weighted by Gasteiger charge is 2.16. The van der Waals surface area contributed by atoms with Crippen molar-refractivity contribution in [1.82, 2.24) is 5.32 Å². The largest absolute Gasteiger partial charge is 0.351 e. The Labute approximate surface area is 107 Å². The summed E-state index contributed by atoms with van der Waals surface area (Å²) in [6.07, 6.45) is 0. The number of benzene rings is 1. The third-order valence-electron chi connectivity index (χ3n) is 1.99. The number of hydrogen-bond donors (Lipinski definition) is 1. The molecule has 92 valence electrons. The van der Waals surface area contributed by atoms with E-state index < -0.39 is 4.92 Å². The van der Waals surface area contributed by atoms with Crippen LogP contribution < -0.4 is 5.32 Å². The lowest BCUT2D eigenvalue weighted by atomic mass is 10.1. The molecule has 0 saturated heterocycles. The number of nitrogens with zero attached hydrogens (tertiary/aromatic N) is 1. The molecule has 0 aliphatic rings. The molecule has 0 aliphatic heterocycles. The van der Waals surface area contributed by atoms with Crippen molar-refractivity contribution in [3.05, 3.63) is 39.9 Å². The van der Waals surface area contributed by atoms with Crippen molar-refractivity contribution in [3.63, 3.8) is 0 Å². The zero-order chi connectivity index (χ0) is 13.1. The molecule has 1 amide bonds. The van der Waals surface area contributed by atoms with Gasteiger partial charge >= 0.3 is 0 Å². The number of carbonyl (C=O) groups is 1. The van der Waals surface area contributed by atoms with Crippen molar-refractivity contribution in [3.8, 4) is 0 Å². The van der Waals surface area contributed by atoms with E-state index in [1.165, 1.54) is 18.2 Å². The summed E-state index contributed by atoms with van der Waals surface area (Å²) in [5.74, 6) is -0.318. The molecule has 6 heteroatoms. The van der Waals surface area contributed by atoms with Crippen LogP contribution in [0.25, 0.3) is 0 Å². The maximum atomic E-state index is 11.7. The second-order valence-electron chi connectivity index (χ2n) is 4.21. The molecule has 0 aliphatic carbocycles. The number of alkyl halides is 1. The summed E-state index contributed by atoms with van der Waals surface area (Å²) in [6, 6.07) is 5.65. The van der Waals surface area contributed by atoms with Gasteiger partial charge in [0.1, 0.15) is 0 Å². The van der Waals surface area contributed by atoms with Gasteiger partial charge in [0.2, 0.25) is 0 Å². The smallest absolute Gasteiger partial charge is 0.270 e. The molecule has 0 heterocycles. The third kappa shape index (κ3) is 4.52. The van der Waals surface area contributed by atoms with Gasteiger partial charge in [-0.15, -0.1) is 0 Å². The highest BCUT2D eigenvalue weighted by molar-refractivity contribution is 9.10. The van der Waals surface area contributed by atoms with Crippen LogP contribution in [0.2, 0.25) is 0 Å². The van der Waals surface area contributed by atoms with E-state index in [1.807, 2.05) is 13.8 Å². The maximum Gasteiger partial charge on any atom is 0.270 e. The molecule has 1 N–H and O–H groups in total. The van der Waals surface area contributed by atoms with E-state index in [2.05, 4.69) is 21.2 Å². The number of nitro groups is 1. The molecule has 0 radical (unpaired) electrons. The number of nitro benzene ring substituents is 1. The summed E-state index contributed by atoms with van der Waals surface area (Å²) in [6.45, 7) is 4.27. The van der Waals surface area contributed by atoms with E-state index >= 15 is 0 Å². The van der Waals surface area contributed by atoms with E-state index in [9.17, 15) is 14.9 Å². The van der Waals surface area contributed by atoms with Crippen LogP contribution in [0, 0.1) is 10.1 Å². The van der Waals surface area contributed by atoms with Crippen molar-refractivity contribution in [2.24, 2.45) is 0 Å². The predicted octanol–water partition coefficient (Wildman–Crippen LogP) is 2.50. The molecule has 0 atom stereocenters. The van der Waals surface area contributed by atoms with Gasteiger partial charge in [0.25, 0.3) is 11.6 Å². The fourth-order valence-electron chi connectivity index (χ4n) is 1.15. The normalized spacial score (nSPS) is 11.0. The molecule has 5 nitrogen and oxygen atoms in total. The Morgan fingerprint density at radius 2 is 2.18 bits per heavy atom. The average molecular weight is 301 g/mol. The lowest BCUT2D eigenvalue weighted by molar-refractivity contribution is -0.384. The maximum absolute atomic E-state index is 11.7. The van der Waals surface area contributed by atoms with Crippen LogP contribution in [0.15, 0.2) is 24.3 Å². The molecule has 17 heavy (non-hydrogen) atoms. The van der Waals surface area contributed by atoms with Gasteiger partial charge in [-0.3, -0.25) is 14.9 Å². The summed E-state index contributed by atoms with van der Waals surface area (Å²) in [5.41, 5.74) is 0.201. The Morgan fingerprint density at radius 1 is 1.53 bits per heavy atom. The topological polar surface area (TPSA) is 72.2 Å². The molecule has 1 aromatic carbocycles. The zero-order valence-electron chi connectivity index (χ0n) is 9.57. The van der Waals surface area contributed by atoms with Gasteiger partial charge in [0.05, 0.1) is 4.92 Å². The Bertz CT molecular complexity index is 441. The van der Waals surface area contributed by atoms with Gasteiger partial charge in [-0.25, -0.2) is 0 Å². The summed E-state index contributed by atoms with van der Waals surface area (Å²) < 4.78 is -0.205. The Hall–Kier alpha value is -1.43. The van der Waals surface area contributed by atoms with E-state index in [-0.39, 0.29) is 21.5 Å². The van der Waals surface area contributed by atoms with Crippen molar-refractivity contribution in [1.29, 1.82) is 0 Å². The van der Waals surface area contributed by atoms with Gasteiger partial charge in [-0.1, -0.05) is 22.0 Å². The van der Waals surface area contributed by atoms with E-state index in [1.54, 1.807) is 6.07 Å². The minimum Gasteiger partial charge on any atom is -0.351 e. The molecule has 0 saturated carbocycles. The summed E-state index contributed by atoms with van der Waals surface area (Å²) in [4.78, 5) is 21.7. The van der Waals surface area contributed by atoms with Crippen molar-refractivity contribution < 1.29 is 9.72 Å². The zero-order valence-corrected chi connectivity index (χ0v) is 11.2. The first kappa shape index (κ1) is 13.6. The molecule has 1 aromatic rings. The number of halogens is 1. The quantitative estimate of drug-likeness (QED) is 0.527. The monoisotopic (exact) mass is 300 g/mol.